The van der Waals surface area contributed by atoms with Gasteiger partial charge in [0, 0.05) is 5.92 Å². The average Bonchev–Trinajstić information content (AvgIpc) is 2.66. The molecule has 106 valence electrons. The highest BCUT2D eigenvalue weighted by Crippen LogP contribution is 2.34. The maximum Gasteiger partial charge on any atom is 0.0810 e. The van der Waals surface area contributed by atoms with Gasteiger partial charge in [0.1, 0.15) is 0 Å². The Morgan fingerprint density at radius 1 is 1.11 bits per heavy atom. The van der Waals surface area contributed by atoms with Crippen LogP contribution in [0.25, 0.3) is 0 Å². The molecule has 2 nitrogen and oxygen atoms in total. The minimum absolute atomic E-state index is 0.441. The van der Waals surface area contributed by atoms with Crippen LogP contribution in [-0.2, 0) is 11.3 Å². The molecule has 2 heteroatoms. The zero-order valence-corrected chi connectivity index (χ0v) is 12.8. The largest absolute Gasteiger partial charge is 0.373 e. The Bertz CT molecular complexity index is 382. The van der Waals surface area contributed by atoms with Crippen molar-refractivity contribution < 1.29 is 9.22 Å². The van der Waals surface area contributed by atoms with E-state index in [1.807, 2.05) is 0 Å². The van der Waals surface area contributed by atoms with Gasteiger partial charge in [0.05, 0.1) is 40.4 Å². The minimum atomic E-state index is 0.441. The molecule has 2 rings (SSSR count). The van der Waals surface area contributed by atoms with Gasteiger partial charge >= 0.3 is 0 Å². The first-order chi connectivity index (χ1) is 8.94. The van der Waals surface area contributed by atoms with Crippen LogP contribution in [0.15, 0.2) is 30.3 Å². The van der Waals surface area contributed by atoms with Gasteiger partial charge in [-0.25, -0.2) is 0 Å². The minimum Gasteiger partial charge on any atom is -0.373 e. The highest BCUT2D eigenvalue weighted by atomic mass is 16.5. The molecule has 0 aliphatic heterocycles. The fourth-order valence-corrected chi connectivity index (χ4v) is 3.27. The van der Waals surface area contributed by atoms with E-state index in [4.69, 9.17) is 4.74 Å². The molecule has 1 fully saturated rings. The Kier molecular flexibility index (Phi) is 4.64. The highest BCUT2D eigenvalue weighted by molar-refractivity contribution is 5.13. The zero-order chi connectivity index (χ0) is 13.9. The molecule has 0 saturated heterocycles. The molecule has 0 aromatic heterocycles. The molecule has 0 amide bonds. The van der Waals surface area contributed by atoms with Gasteiger partial charge in [-0.15, -0.1) is 0 Å². The maximum atomic E-state index is 6.14. The summed E-state index contributed by atoms with van der Waals surface area (Å²) >= 11 is 0. The molecule has 0 heterocycles. The summed E-state index contributed by atoms with van der Waals surface area (Å²) in [5.41, 5.74) is 1.28. The summed E-state index contributed by atoms with van der Waals surface area (Å²) in [6.45, 7) is 4.35. The van der Waals surface area contributed by atoms with Gasteiger partial charge in [0.2, 0.25) is 0 Å². The van der Waals surface area contributed by atoms with Crippen molar-refractivity contribution in [2.75, 3.05) is 27.7 Å². The van der Waals surface area contributed by atoms with Gasteiger partial charge in [-0.2, -0.15) is 0 Å². The number of nitrogens with zero attached hydrogens (tertiary/aromatic N) is 1. The number of hydrogen-bond donors (Lipinski definition) is 0. The van der Waals surface area contributed by atoms with E-state index in [2.05, 4.69) is 58.4 Å². The Balaban J connectivity index is 1.82. The molecule has 1 saturated carbocycles. The lowest BCUT2D eigenvalue weighted by molar-refractivity contribution is -0.873. The van der Waals surface area contributed by atoms with Gasteiger partial charge in [0.25, 0.3) is 0 Å². The number of quaternary nitrogens is 1. The third kappa shape index (κ3) is 4.63. The number of rotatable bonds is 5. The standard InChI is InChI=1S/C17H28NO/c1-14-10-16(12-18(2,3)4)11-17(14)19-13-15-8-6-5-7-9-15/h5-9,14,16-17H,10-13H2,1-4H3/q+1/t14-,16+,17-/m1/s1. The number of hydrogen-bond acceptors (Lipinski definition) is 1. The van der Waals surface area contributed by atoms with E-state index < -0.39 is 0 Å². The van der Waals surface area contributed by atoms with Crippen LogP contribution >= 0.6 is 0 Å². The monoisotopic (exact) mass is 262 g/mol. The van der Waals surface area contributed by atoms with E-state index in [1.165, 1.54) is 24.9 Å². The predicted octanol–water partition coefficient (Wildman–Crippen LogP) is 3.32. The van der Waals surface area contributed by atoms with Crippen LogP contribution in [0.4, 0.5) is 0 Å². The normalized spacial score (nSPS) is 27.7. The molecule has 19 heavy (non-hydrogen) atoms. The van der Waals surface area contributed by atoms with Crippen LogP contribution in [0.3, 0.4) is 0 Å². The predicted molar refractivity (Wildman–Crippen MR) is 79.8 cm³/mol. The van der Waals surface area contributed by atoms with Gasteiger partial charge in [-0.1, -0.05) is 37.3 Å². The highest BCUT2D eigenvalue weighted by Gasteiger charge is 2.34. The Labute approximate surface area is 118 Å². The molecule has 1 aromatic rings. The van der Waals surface area contributed by atoms with E-state index in [0.29, 0.717) is 12.0 Å². The van der Waals surface area contributed by atoms with E-state index in [9.17, 15) is 0 Å². The molecule has 0 bridgehead atoms. The van der Waals surface area contributed by atoms with Crippen molar-refractivity contribution in [3.05, 3.63) is 35.9 Å². The number of benzene rings is 1. The van der Waals surface area contributed by atoms with Crippen molar-refractivity contribution in [2.45, 2.75) is 32.5 Å². The second kappa shape index (κ2) is 6.06. The summed E-state index contributed by atoms with van der Waals surface area (Å²) in [5.74, 6) is 1.51. The van der Waals surface area contributed by atoms with Crippen molar-refractivity contribution in [1.29, 1.82) is 0 Å². The van der Waals surface area contributed by atoms with E-state index in [1.54, 1.807) is 0 Å². The van der Waals surface area contributed by atoms with Crippen LogP contribution in [0.2, 0.25) is 0 Å². The van der Waals surface area contributed by atoms with Gasteiger partial charge < -0.3 is 9.22 Å². The first kappa shape index (κ1) is 14.5. The first-order valence-corrected chi connectivity index (χ1v) is 7.40. The summed E-state index contributed by atoms with van der Waals surface area (Å²) < 4.78 is 7.20. The van der Waals surface area contributed by atoms with Crippen molar-refractivity contribution in [3.8, 4) is 0 Å². The lowest BCUT2D eigenvalue weighted by Crippen LogP contribution is -2.38. The molecule has 3 atom stereocenters. The van der Waals surface area contributed by atoms with Crippen LogP contribution in [0, 0.1) is 11.8 Å². The van der Waals surface area contributed by atoms with Crippen LogP contribution in [-0.4, -0.2) is 38.3 Å². The molecule has 0 N–H and O–H groups in total. The molecular weight excluding hydrogens is 234 g/mol. The second-order valence-corrected chi connectivity index (χ2v) is 7.12. The molecule has 1 aliphatic carbocycles. The second-order valence-electron chi connectivity index (χ2n) is 7.12. The lowest BCUT2D eigenvalue weighted by Gasteiger charge is -2.27. The first-order valence-electron chi connectivity index (χ1n) is 7.40. The zero-order valence-electron chi connectivity index (χ0n) is 12.8. The topological polar surface area (TPSA) is 9.23 Å². The third-order valence-electron chi connectivity index (χ3n) is 4.02. The molecule has 0 radical (unpaired) electrons. The van der Waals surface area contributed by atoms with E-state index in [0.717, 1.165) is 17.0 Å². The fourth-order valence-electron chi connectivity index (χ4n) is 3.27. The summed E-state index contributed by atoms with van der Waals surface area (Å²) in [7, 11) is 6.84. The van der Waals surface area contributed by atoms with Crippen molar-refractivity contribution in [1.82, 2.24) is 0 Å². The summed E-state index contributed by atoms with van der Waals surface area (Å²) in [5, 5.41) is 0. The Morgan fingerprint density at radius 2 is 1.79 bits per heavy atom. The summed E-state index contributed by atoms with van der Waals surface area (Å²) in [4.78, 5) is 0. The molecule has 0 unspecified atom stereocenters. The summed E-state index contributed by atoms with van der Waals surface area (Å²) in [6.07, 6.45) is 2.98. The van der Waals surface area contributed by atoms with E-state index >= 15 is 0 Å². The van der Waals surface area contributed by atoms with Gasteiger partial charge in [-0.3, -0.25) is 0 Å². The molecular formula is C17H28NO+. The van der Waals surface area contributed by atoms with Gasteiger partial charge in [-0.05, 0) is 24.3 Å². The molecule has 1 aromatic carbocycles. The van der Waals surface area contributed by atoms with Crippen LogP contribution < -0.4 is 0 Å². The van der Waals surface area contributed by atoms with Crippen molar-refractivity contribution >= 4 is 0 Å². The van der Waals surface area contributed by atoms with Crippen molar-refractivity contribution in [2.24, 2.45) is 11.8 Å². The molecule has 1 aliphatic rings. The summed E-state index contributed by atoms with van der Waals surface area (Å²) in [6, 6.07) is 10.5. The SMILES string of the molecule is C[C@@H]1C[C@H](C[N+](C)(C)C)C[C@H]1OCc1ccccc1. The maximum absolute atomic E-state index is 6.14. The smallest absolute Gasteiger partial charge is 0.0810 e. The Morgan fingerprint density at radius 3 is 2.42 bits per heavy atom. The fraction of sp³-hybridized carbons (Fsp3) is 0.647. The van der Waals surface area contributed by atoms with Crippen molar-refractivity contribution in [3.63, 3.8) is 0 Å². The quantitative estimate of drug-likeness (QED) is 0.740. The average molecular weight is 262 g/mol. The molecule has 0 spiro atoms. The third-order valence-corrected chi connectivity index (χ3v) is 4.02. The van der Waals surface area contributed by atoms with Crippen LogP contribution in [0.5, 0.6) is 0 Å². The Hall–Kier alpha value is -0.860. The van der Waals surface area contributed by atoms with E-state index in [-0.39, 0.29) is 0 Å². The van der Waals surface area contributed by atoms with Crippen LogP contribution in [0.1, 0.15) is 25.3 Å². The number of ether oxygens (including phenoxy) is 1. The lowest BCUT2D eigenvalue weighted by atomic mass is 10.1. The van der Waals surface area contributed by atoms with Gasteiger partial charge in [0.15, 0.2) is 0 Å².